The molecule has 0 amide bonds. The number of hydrogen-bond donors (Lipinski definition) is 1. The van der Waals surface area contributed by atoms with Gasteiger partial charge in [0.05, 0.1) is 18.7 Å². The van der Waals surface area contributed by atoms with Gasteiger partial charge in [0.25, 0.3) is 0 Å². The third kappa shape index (κ3) is 4.99. The molecule has 1 atom stereocenters. The standard InChI is InChI=1S/C26H33N3O/c1-5-6-7-8-9-12-24-26(27)29-23-13-10-11-19-20(22(23)17-28-24)14-15-25(30-4)21(19)16-18(2)3/h5-8,14-15,17,22H,2,9-13,16,27H2,1,3-4H3/b6-5-,8-7-. The predicted octanol–water partition coefficient (Wildman–Crippen LogP) is 5.80. The van der Waals surface area contributed by atoms with Crippen molar-refractivity contribution < 1.29 is 4.74 Å². The van der Waals surface area contributed by atoms with Crippen molar-refractivity contribution in [2.45, 2.75) is 58.3 Å². The molecule has 0 saturated heterocycles. The lowest BCUT2D eigenvalue weighted by Gasteiger charge is -2.20. The molecule has 0 saturated carbocycles. The first-order chi connectivity index (χ1) is 14.5. The number of nitrogens with zero attached hydrogens (tertiary/aromatic N) is 2. The number of nitrogens with two attached hydrogens (primary N) is 1. The normalized spacial score (nSPS) is 18.8. The summed E-state index contributed by atoms with van der Waals surface area (Å²) in [5.74, 6) is 1.56. The Bertz CT molecular complexity index is 947. The number of methoxy groups -OCH3 is 1. The molecule has 1 aliphatic heterocycles. The first-order valence-corrected chi connectivity index (χ1v) is 10.8. The summed E-state index contributed by atoms with van der Waals surface area (Å²) in [7, 11) is 1.74. The molecule has 2 N–H and O–H groups in total. The minimum atomic E-state index is 0.0619. The van der Waals surface area contributed by atoms with E-state index in [4.69, 9.17) is 20.5 Å². The highest BCUT2D eigenvalue weighted by Crippen LogP contribution is 2.37. The Kier molecular flexibility index (Phi) is 7.45. The molecular formula is C26H33N3O. The van der Waals surface area contributed by atoms with Crippen molar-refractivity contribution in [1.29, 1.82) is 0 Å². The fourth-order valence-corrected chi connectivity index (χ4v) is 4.18. The Morgan fingerprint density at radius 3 is 2.87 bits per heavy atom. The molecule has 1 aliphatic carbocycles. The third-order valence-corrected chi connectivity index (χ3v) is 5.60. The van der Waals surface area contributed by atoms with E-state index in [9.17, 15) is 0 Å². The second-order valence-electron chi connectivity index (χ2n) is 7.99. The zero-order chi connectivity index (χ0) is 21.5. The molecule has 1 aromatic carbocycles. The van der Waals surface area contributed by atoms with E-state index in [2.05, 4.69) is 37.8 Å². The highest BCUT2D eigenvalue weighted by Gasteiger charge is 2.27. The summed E-state index contributed by atoms with van der Waals surface area (Å²) in [5, 5.41) is 0. The van der Waals surface area contributed by atoms with Gasteiger partial charge in [-0.15, -0.1) is 0 Å². The van der Waals surface area contributed by atoms with Gasteiger partial charge < -0.3 is 10.5 Å². The first-order valence-electron chi connectivity index (χ1n) is 10.8. The second-order valence-corrected chi connectivity index (χ2v) is 7.99. The van der Waals surface area contributed by atoms with Crippen LogP contribution >= 0.6 is 0 Å². The molecule has 0 bridgehead atoms. The molecule has 0 spiro atoms. The Hall–Kier alpha value is -2.88. The van der Waals surface area contributed by atoms with Gasteiger partial charge in [-0.05, 0) is 69.6 Å². The molecule has 30 heavy (non-hydrogen) atoms. The van der Waals surface area contributed by atoms with Crippen LogP contribution in [0.25, 0.3) is 0 Å². The topological polar surface area (TPSA) is 60.0 Å². The highest BCUT2D eigenvalue weighted by atomic mass is 16.5. The molecule has 3 rings (SSSR count). The van der Waals surface area contributed by atoms with E-state index in [0.29, 0.717) is 5.82 Å². The number of aliphatic imine (C=N–C) groups is 2. The molecule has 1 heterocycles. The molecule has 4 nitrogen and oxygen atoms in total. The monoisotopic (exact) mass is 403 g/mol. The summed E-state index contributed by atoms with van der Waals surface area (Å²) in [5.41, 5.74) is 13.3. The lowest BCUT2D eigenvalue weighted by atomic mass is 9.87. The second kappa shape index (κ2) is 10.2. The van der Waals surface area contributed by atoms with Crippen molar-refractivity contribution in [2.24, 2.45) is 15.7 Å². The maximum atomic E-state index is 6.35. The van der Waals surface area contributed by atoms with Crippen LogP contribution in [0.3, 0.4) is 0 Å². The molecular weight excluding hydrogens is 370 g/mol. The van der Waals surface area contributed by atoms with Crippen LogP contribution in [-0.4, -0.2) is 19.0 Å². The van der Waals surface area contributed by atoms with E-state index >= 15 is 0 Å². The average Bonchev–Trinajstić information content (AvgIpc) is 2.98. The van der Waals surface area contributed by atoms with Crippen LogP contribution in [0.4, 0.5) is 0 Å². The number of ether oxygens (including phenoxy) is 1. The molecule has 4 heteroatoms. The van der Waals surface area contributed by atoms with Gasteiger partial charge in [-0.2, -0.15) is 0 Å². The van der Waals surface area contributed by atoms with Crippen LogP contribution in [0.1, 0.15) is 62.1 Å². The van der Waals surface area contributed by atoms with E-state index in [1.807, 2.05) is 25.3 Å². The molecule has 0 radical (unpaired) electrons. The van der Waals surface area contributed by atoms with Gasteiger partial charge in [-0.25, -0.2) is 4.99 Å². The van der Waals surface area contributed by atoms with E-state index in [-0.39, 0.29) is 5.92 Å². The minimum absolute atomic E-state index is 0.0619. The van der Waals surface area contributed by atoms with Crippen LogP contribution in [-0.2, 0) is 12.8 Å². The lowest BCUT2D eigenvalue weighted by molar-refractivity contribution is 0.409. The number of benzene rings is 1. The van der Waals surface area contributed by atoms with Gasteiger partial charge in [-0.3, -0.25) is 4.99 Å². The van der Waals surface area contributed by atoms with Crippen LogP contribution in [0.2, 0.25) is 0 Å². The average molecular weight is 404 g/mol. The van der Waals surface area contributed by atoms with Gasteiger partial charge in [0.15, 0.2) is 0 Å². The van der Waals surface area contributed by atoms with E-state index in [1.165, 1.54) is 16.7 Å². The Morgan fingerprint density at radius 2 is 2.13 bits per heavy atom. The van der Waals surface area contributed by atoms with Gasteiger partial charge >= 0.3 is 0 Å². The molecule has 2 aliphatic rings. The summed E-state index contributed by atoms with van der Waals surface area (Å²) in [4.78, 5) is 9.64. The maximum Gasteiger partial charge on any atom is 0.145 e. The summed E-state index contributed by atoms with van der Waals surface area (Å²) < 4.78 is 5.68. The molecule has 158 valence electrons. The molecule has 0 aromatic heterocycles. The zero-order valence-corrected chi connectivity index (χ0v) is 18.4. The van der Waals surface area contributed by atoms with E-state index in [0.717, 1.165) is 61.3 Å². The van der Waals surface area contributed by atoms with E-state index < -0.39 is 0 Å². The van der Waals surface area contributed by atoms with Gasteiger partial charge in [-0.1, -0.05) is 42.5 Å². The highest BCUT2D eigenvalue weighted by molar-refractivity contribution is 6.05. The number of fused-ring (bicyclic) bond motifs is 3. The third-order valence-electron chi connectivity index (χ3n) is 5.60. The van der Waals surface area contributed by atoms with Gasteiger partial charge in [0.1, 0.15) is 11.6 Å². The quantitative estimate of drug-likeness (QED) is 0.462. The Morgan fingerprint density at radius 1 is 1.30 bits per heavy atom. The molecule has 1 unspecified atom stereocenters. The largest absolute Gasteiger partial charge is 0.496 e. The first kappa shape index (κ1) is 21.8. The van der Waals surface area contributed by atoms with Crippen molar-refractivity contribution >= 4 is 11.9 Å². The number of rotatable bonds is 7. The Labute approximate surface area is 180 Å². The smallest absolute Gasteiger partial charge is 0.145 e. The summed E-state index contributed by atoms with van der Waals surface area (Å²) in [6.45, 7) is 8.20. The van der Waals surface area contributed by atoms with Crippen LogP contribution in [0.15, 0.2) is 70.1 Å². The van der Waals surface area contributed by atoms with Crippen molar-refractivity contribution in [3.8, 4) is 5.75 Å². The summed E-state index contributed by atoms with van der Waals surface area (Å²) >= 11 is 0. The molecule has 0 fully saturated rings. The predicted molar refractivity (Wildman–Crippen MR) is 128 cm³/mol. The zero-order valence-electron chi connectivity index (χ0n) is 18.4. The van der Waals surface area contributed by atoms with Crippen LogP contribution < -0.4 is 10.5 Å². The van der Waals surface area contributed by atoms with E-state index in [1.54, 1.807) is 7.11 Å². The minimum Gasteiger partial charge on any atom is -0.496 e. The van der Waals surface area contributed by atoms with Crippen molar-refractivity contribution in [2.75, 3.05) is 7.11 Å². The SMILES string of the molecule is C=C(C)Cc1c(OC)ccc2c1CCCC1=NC(N)=C(CC/C=C\C=C/C)N=CC12. The summed E-state index contributed by atoms with van der Waals surface area (Å²) in [6, 6.07) is 4.25. The van der Waals surface area contributed by atoms with Gasteiger partial charge in [0.2, 0.25) is 0 Å². The number of allylic oxidation sites excluding steroid dienone is 6. The van der Waals surface area contributed by atoms with Crippen molar-refractivity contribution in [3.63, 3.8) is 0 Å². The fourth-order valence-electron chi connectivity index (χ4n) is 4.18. The van der Waals surface area contributed by atoms with Gasteiger partial charge in [0, 0.05) is 17.5 Å². The fraction of sp³-hybridized carbons (Fsp3) is 0.385. The Balaban J connectivity index is 1.95. The van der Waals surface area contributed by atoms with Crippen LogP contribution in [0.5, 0.6) is 5.75 Å². The maximum absolute atomic E-state index is 6.35. The van der Waals surface area contributed by atoms with Crippen molar-refractivity contribution in [3.05, 3.63) is 76.8 Å². The summed E-state index contributed by atoms with van der Waals surface area (Å²) in [6.07, 6.45) is 15.8. The molecule has 1 aromatic rings. The number of hydrogen-bond acceptors (Lipinski definition) is 4. The van der Waals surface area contributed by atoms with Crippen molar-refractivity contribution in [1.82, 2.24) is 0 Å². The lowest BCUT2D eigenvalue weighted by Crippen LogP contribution is -2.14. The van der Waals surface area contributed by atoms with Crippen LogP contribution in [0, 0.1) is 0 Å².